The summed E-state index contributed by atoms with van der Waals surface area (Å²) in [7, 11) is 0. The molecule has 0 aliphatic heterocycles. The lowest BCUT2D eigenvalue weighted by Gasteiger charge is -2.02. The molecule has 0 bridgehead atoms. The molecule has 2 aromatic heterocycles. The van der Waals surface area contributed by atoms with Crippen LogP contribution in [0.15, 0.2) is 33.1 Å². The van der Waals surface area contributed by atoms with E-state index in [2.05, 4.69) is 31.2 Å². The molecule has 17 heavy (non-hydrogen) atoms. The van der Waals surface area contributed by atoms with Gasteiger partial charge < -0.3 is 10.3 Å². The molecule has 0 aromatic carbocycles. The maximum Gasteiger partial charge on any atom is 0.271 e. The average Bonchev–Trinajstić information content (AvgIpc) is 2.73. The van der Waals surface area contributed by atoms with Crippen molar-refractivity contribution in [1.82, 2.24) is 15.3 Å². The number of aromatic amines is 1. The van der Waals surface area contributed by atoms with E-state index in [1.807, 2.05) is 11.4 Å². The molecule has 88 valence electrons. The van der Waals surface area contributed by atoms with Crippen molar-refractivity contribution < 1.29 is 4.79 Å². The summed E-state index contributed by atoms with van der Waals surface area (Å²) < 4.78 is 0.970. The van der Waals surface area contributed by atoms with E-state index in [9.17, 15) is 9.59 Å². The Hall–Kier alpha value is -1.47. The van der Waals surface area contributed by atoms with E-state index in [-0.39, 0.29) is 17.2 Å². The molecule has 2 N–H and O–H groups in total. The number of thiophene rings is 1. The van der Waals surface area contributed by atoms with Gasteiger partial charge in [-0.25, -0.2) is 4.98 Å². The number of nitrogens with one attached hydrogen (secondary N) is 2. The third kappa shape index (κ3) is 3.01. The second kappa shape index (κ2) is 5.24. The van der Waals surface area contributed by atoms with E-state index in [1.54, 1.807) is 11.3 Å². The molecule has 0 radical (unpaired) electrons. The van der Waals surface area contributed by atoms with Gasteiger partial charge in [-0.15, -0.1) is 11.3 Å². The van der Waals surface area contributed by atoms with Crippen molar-refractivity contribution in [2.24, 2.45) is 0 Å². The molecule has 5 nitrogen and oxygen atoms in total. The molecule has 0 unspecified atom stereocenters. The Labute approximate surface area is 109 Å². The molecule has 0 saturated heterocycles. The topological polar surface area (TPSA) is 74.8 Å². The van der Waals surface area contributed by atoms with Gasteiger partial charge in [0.15, 0.2) is 0 Å². The number of carbonyl (C=O) groups is 1. The lowest BCUT2D eigenvalue weighted by molar-refractivity contribution is 0.0946. The largest absolute Gasteiger partial charge is 0.346 e. The van der Waals surface area contributed by atoms with E-state index < -0.39 is 0 Å². The fraction of sp³-hybridized carbons (Fsp3) is 0.100. The Morgan fingerprint density at radius 1 is 1.59 bits per heavy atom. The SMILES string of the molecule is O=C(NCc1sccc1Br)c1c[nH]c(=O)cn1. The lowest BCUT2D eigenvalue weighted by Crippen LogP contribution is -2.24. The summed E-state index contributed by atoms with van der Waals surface area (Å²) in [6.07, 6.45) is 2.37. The molecule has 2 heterocycles. The van der Waals surface area contributed by atoms with Gasteiger partial charge in [0, 0.05) is 15.5 Å². The first-order valence-corrected chi connectivity index (χ1v) is 6.39. The number of carbonyl (C=O) groups excluding carboxylic acids is 1. The first-order chi connectivity index (χ1) is 8.16. The summed E-state index contributed by atoms with van der Waals surface area (Å²) in [6.45, 7) is 0.428. The quantitative estimate of drug-likeness (QED) is 0.902. The number of hydrogen-bond acceptors (Lipinski definition) is 4. The van der Waals surface area contributed by atoms with Crippen molar-refractivity contribution in [2.45, 2.75) is 6.54 Å². The summed E-state index contributed by atoms with van der Waals surface area (Å²) >= 11 is 4.93. The van der Waals surface area contributed by atoms with E-state index in [1.165, 1.54) is 6.20 Å². The number of hydrogen-bond donors (Lipinski definition) is 2. The van der Waals surface area contributed by atoms with Crippen molar-refractivity contribution in [3.63, 3.8) is 0 Å². The summed E-state index contributed by atoms with van der Waals surface area (Å²) in [4.78, 5) is 29.6. The highest BCUT2D eigenvalue weighted by Crippen LogP contribution is 2.22. The highest BCUT2D eigenvalue weighted by atomic mass is 79.9. The van der Waals surface area contributed by atoms with Gasteiger partial charge in [0.1, 0.15) is 5.69 Å². The van der Waals surface area contributed by atoms with Crippen LogP contribution < -0.4 is 10.9 Å². The minimum absolute atomic E-state index is 0.192. The predicted molar refractivity (Wildman–Crippen MR) is 68.0 cm³/mol. The molecular weight excluding hydrogens is 306 g/mol. The average molecular weight is 314 g/mol. The van der Waals surface area contributed by atoms with Crippen LogP contribution in [0.5, 0.6) is 0 Å². The fourth-order valence-electron chi connectivity index (χ4n) is 1.17. The maximum absolute atomic E-state index is 11.7. The van der Waals surface area contributed by atoms with Crippen LogP contribution in [0.4, 0.5) is 0 Å². The zero-order valence-electron chi connectivity index (χ0n) is 8.57. The van der Waals surface area contributed by atoms with Gasteiger partial charge in [0.05, 0.1) is 12.7 Å². The van der Waals surface area contributed by atoms with Crippen molar-refractivity contribution >= 4 is 33.2 Å². The van der Waals surface area contributed by atoms with Gasteiger partial charge in [0.25, 0.3) is 11.5 Å². The van der Waals surface area contributed by atoms with Crippen LogP contribution in [0.25, 0.3) is 0 Å². The van der Waals surface area contributed by atoms with E-state index in [0.717, 1.165) is 15.5 Å². The van der Waals surface area contributed by atoms with Gasteiger partial charge in [-0.05, 0) is 27.4 Å². The zero-order chi connectivity index (χ0) is 12.3. The lowest BCUT2D eigenvalue weighted by atomic mass is 10.4. The molecule has 0 fully saturated rings. The number of nitrogens with zero attached hydrogens (tertiary/aromatic N) is 1. The van der Waals surface area contributed by atoms with Crippen LogP contribution in [0, 0.1) is 0 Å². The molecule has 7 heteroatoms. The first-order valence-electron chi connectivity index (χ1n) is 4.71. The Balaban J connectivity index is 2.00. The fourth-order valence-corrected chi connectivity index (χ4v) is 2.60. The number of aromatic nitrogens is 2. The van der Waals surface area contributed by atoms with Crippen molar-refractivity contribution in [3.05, 3.63) is 49.2 Å². The van der Waals surface area contributed by atoms with Crippen molar-refractivity contribution in [1.29, 1.82) is 0 Å². The Morgan fingerprint density at radius 2 is 2.41 bits per heavy atom. The molecule has 0 aliphatic rings. The predicted octanol–water partition coefficient (Wildman–Crippen LogP) is 1.52. The zero-order valence-corrected chi connectivity index (χ0v) is 11.0. The van der Waals surface area contributed by atoms with Gasteiger partial charge in [-0.3, -0.25) is 9.59 Å². The van der Waals surface area contributed by atoms with Crippen LogP contribution in [-0.2, 0) is 6.54 Å². The van der Waals surface area contributed by atoms with Crippen molar-refractivity contribution in [3.8, 4) is 0 Å². The Bertz CT molecular complexity index is 573. The van der Waals surface area contributed by atoms with Gasteiger partial charge in [-0.2, -0.15) is 0 Å². The second-order valence-corrected chi connectivity index (χ2v) is 5.03. The number of amides is 1. The first kappa shape index (κ1) is 12.0. The molecule has 0 aliphatic carbocycles. The third-order valence-corrected chi connectivity index (χ3v) is 3.93. The highest BCUT2D eigenvalue weighted by Gasteiger charge is 2.08. The molecule has 1 amide bonds. The molecular formula is C10H8BrN3O2S. The summed E-state index contributed by atoms with van der Waals surface area (Å²) in [5.41, 5.74) is -0.139. The minimum Gasteiger partial charge on any atom is -0.346 e. The molecule has 0 saturated carbocycles. The van der Waals surface area contributed by atoms with E-state index >= 15 is 0 Å². The number of halogens is 1. The van der Waals surface area contributed by atoms with Crippen LogP contribution in [-0.4, -0.2) is 15.9 Å². The van der Waals surface area contributed by atoms with Crippen LogP contribution >= 0.6 is 27.3 Å². The normalized spacial score (nSPS) is 10.2. The van der Waals surface area contributed by atoms with Gasteiger partial charge >= 0.3 is 0 Å². The summed E-state index contributed by atoms with van der Waals surface area (Å²) in [5, 5.41) is 4.65. The monoisotopic (exact) mass is 313 g/mol. The molecule has 2 rings (SSSR count). The van der Waals surface area contributed by atoms with E-state index in [4.69, 9.17) is 0 Å². The smallest absolute Gasteiger partial charge is 0.271 e. The summed E-state index contributed by atoms with van der Waals surface area (Å²) in [5.74, 6) is -0.318. The van der Waals surface area contributed by atoms with Gasteiger partial charge in [-0.1, -0.05) is 0 Å². The highest BCUT2D eigenvalue weighted by molar-refractivity contribution is 9.10. The Morgan fingerprint density at radius 3 is 3.00 bits per heavy atom. The van der Waals surface area contributed by atoms with Crippen LogP contribution in [0.2, 0.25) is 0 Å². The van der Waals surface area contributed by atoms with Crippen molar-refractivity contribution in [2.75, 3.05) is 0 Å². The summed E-state index contributed by atoms with van der Waals surface area (Å²) in [6, 6.07) is 1.92. The molecule has 0 spiro atoms. The van der Waals surface area contributed by atoms with Crippen LogP contribution in [0.1, 0.15) is 15.4 Å². The molecule has 2 aromatic rings. The number of H-pyrrole nitrogens is 1. The third-order valence-electron chi connectivity index (χ3n) is 2.01. The molecule has 0 atom stereocenters. The Kier molecular flexibility index (Phi) is 3.70. The van der Waals surface area contributed by atoms with Gasteiger partial charge in [0.2, 0.25) is 0 Å². The second-order valence-electron chi connectivity index (χ2n) is 3.17. The maximum atomic E-state index is 11.7. The number of rotatable bonds is 3. The standard InChI is InChI=1S/C10H8BrN3O2S/c11-6-1-2-17-8(6)4-14-10(16)7-3-13-9(15)5-12-7/h1-3,5H,4H2,(H,13,15)(H,14,16). The van der Waals surface area contributed by atoms with Crippen LogP contribution in [0.3, 0.4) is 0 Å². The van der Waals surface area contributed by atoms with E-state index in [0.29, 0.717) is 6.54 Å². The minimum atomic E-state index is -0.331.